The number of anilines is 1. The molecule has 0 saturated heterocycles. The maximum absolute atomic E-state index is 12.3. The number of nitrogens with zero attached hydrogens (tertiary/aromatic N) is 3. The van der Waals surface area contributed by atoms with Crippen LogP contribution in [0.5, 0.6) is 5.75 Å². The number of thiazole rings is 1. The summed E-state index contributed by atoms with van der Waals surface area (Å²) >= 11 is 4.62. The highest BCUT2D eigenvalue weighted by Gasteiger charge is 2.14. The van der Waals surface area contributed by atoms with Gasteiger partial charge in [0.2, 0.25) is 5.91 Å². The largest absolute Gasteiger partial charge is 0.495 e. The third-order valence-electron chi connectivity index (χ3n) is 4.13. The molecule has 0 aliphatic rings. The summed E-state index contributed by atoms with van der Waals surface area (Å²) in [7, 11) is 1.57. The fourth-order valence-corrected chi connectivity index (χ4v) is 5.17. The summed E-state index contributed by atoms with van der Waals surface area (Å²) in [6.07, 6.45) is 0. The van der Waals surface area contributed by atoms with E-state index in [1.807, 2.05) is 42.6 Å². The van der Waals surface area contributed by atoms with Crippen LogP contribution >= 0.6 is 34.4 Å². The van der Waals surface area contributed by atoms with E-state index in [0.717, 1.165) is 26.1 Å². The van der Waals surface area contributed by atoms with Crippen molar-refractivity contribution in [2.24, 2.45) is 0 Å². The van der Waals surface area contributed by atoms with Gasteiger partial charge in [0.15, 0.2) is 0 Å². The molecule has 152 valence electrons. The average Bonchev–Trinajstić information content (AvgIpc) is 3.43. The average molecular weight is 455 g/mol. The second-order valence-corrected chi connectivity index (χ2v) is 9.15. The van der Waals surface area contributed by atoms with E-state index in [-0.39, 0.29) is 11.7 Å². The molecule has 0 spiro atoms. The van der Waals surface area contributed by atoms with Crippen LogP contribution in [-0.4, -0.2) is 34.0 Å². The van der Waals surface area contributed by atoms with Crippen molar-refractivity contribution in [3.63, 3.8) is 0 Å². The van der Waals surface area contributed by atoms with Crippen LogP contribution in [0.15, 0.2) is 58.9 Å². The summed E-state index contributed by atoms with van der Waals surface area (Å²) in [5.41, 5.74) is 2.37. The number of hydrogen-bond acceptors (Lipinski definition) is 8. The van der Waals surface area contributed by atoms with E-state index >= 15 is 0 Å². The molecule has 0 fully saturated rings. The minimum absolute atomic E-state index is 0.130. The summed E-state index contributed by atoms with van der Waals surface area (Å²) in [6, 6.07) is 15.2. The predicted octanol–water partition coefficient (Wildman–Crippen LogP) is 5.38. The predicted molar refractivity (Wildman–Crippen MR) is 124 cm³/mol. The maximum atomic E-state index is 12.3. The number of nitrogens with one attached hydrogen (secondary N) is 1. The van der Waals surface area contributed by atoms with Gasteiger partial charge in [-0.2, -0.15) is 0 Å². The Morgan fingerprint density at radius 3 is 2.73 bits per heavy atom. The van der Waals surface area contributed by atoms with Gasteiger partial charge >= 0.3 is 0 Å². The van der Waals surface area contributed by atoms with Gasteiger partial charge in [-0.25, -0.2) is 4.98 Å². The number of carbonyl (C=O) groups excluding carboxylic acids is 1. The molecule has 0 radical (unpaired) electrons. The lowest BCUT2D eigenvalue weighted by atomic mass is 10.3. The van der Waals surface area contributed by atoms with Gasteiger partial charge in [0.1, 0.15) is 21.5 Å². The maximum Gasteiger partial charge on any atom is 0.234 e. The molecule has 0 aliphatic heterocycles. The first-order chi connectivity index (χ1) is 14.6. The number of aryl methyl sites for hydroxylation is 1. The van der Waals surface area contributed by atoms with E-state index in [9.17, 15) is 4.79 Å². The molecule has 4 rings (SSSR count). The smallest absolute Gasteiger partial charge is 0.234 e. The second-order valence-electron chi connectivity index (χ2n) is 6.20. The van der Waals surface area contributed by atoms with Crippen molar-refractivity contribution >= 4 is 46.0 Å². The van der Waals surface area contributed by atoms with Gasteiger partial charge in [-0.05, 0) is 42.6 Å². The molecule has 4 aromatic rings. The summed E-state index contributed by atoms with van der Waals surface area (Å²) in [6.45, 7) is 1.98. The number of rotatable bonds is 7. The van der Waals surface area contributed by atoms with Crippen molar-refractivity contribution in [2.45, 2.75) is 11.9 Å². The van der Waals surface area contributed by atoms with Crippen LogP contribution in [-0.2, 0) is 4.79 Å². The number of methoxy groups -OCH3 is 1. The number of ether oxygens (including phenoxy) is 1. The lowest BCUT2D eigenvalue weighted by Crippen LogP contribution is -2.14. The number of carbonyl (C=O) groups is 1. The first kappa shape index (κ1) is 20.5. The molecule has 0 unspecified atom stereocenters. The second kappa shape index (κ2) is 9.38. The number of amides is 1. The Morgan fingerprint density at radius 1 is 1.13 bits per heavy atom. The molecule has 1 amide bonds. The van der Waals surface area contributed by atoms with Crippen molar-refractivity contribution in [3.05, 3.63) is 59.6 Å². The Hall–Kier alpha value is -2.75. The van der Waals surface area contributed by atoms with Crippen LogP contribution in [0.2, 0.25) is 0 Å². The van der Waals surface area contributed by atoms with Crippen LogP contribution in [0.25, 0.3) is 20.5 Å². The van der Waals surface area contributed by atoms with Crippen molar-refractivity contribution in [3.8, 4) is 26.2 Å². The molecule has 1 aromatic carbocycles. The number of aromatic nitrogens is 3. The minimum Gasteiger partial charge on any atom is -0.495 e. The molecule has 1 N–H and O–H groups in total. The fourth-order valence-electron chi connectivity index (χ4n) is 2.73. The third-order valence-corrected chi connectivity index (χ3v) is 7.27. The molecule has 0 bridgehead atoms. The molecule has 30 heavy (non-hydrogen) atoms. The lowest BCUT2D eigenvalue weighted by molar-refractivity contribution is -0.113. The topological polar surface area (TPSA) is 77.0 Å². The Kier molecular flexibility index (Phi) is 6.41. The zero-order valence-corrected chi connectivity index (χ0v) is 18.7. The summed E-state index contributed by atoms with van der Waals surface area (Å²) < 4.78 is 5.25. The zero-order valence-electron chi connectivity index (χ0n) is 16.3. The molecule has 0 atom stereocenters. The van der Waals surface area contributed by atoms with E-state index in [0.29, 0.717) is 16.5 Å². The quantitative estimate of drug-likeness (QED) is 0.378. The number of hydrogen-bond donors (Lipinski definition) is 1. The van der Waals surface area contributed by atoms with Gasteiger partial charge in [-0.15, -0.1) is 32.9 Å². The van der Waals surface area contributed by atoms with Crippen molar-refractivity contribution in [2.75, 3.05) is 18.2 Å². The van der Waals surface area contributed by atoms with Gasteiger partial charge in [0, 0.05) is 0 Å². The van der Waals surface area contributed by atoms with Gasteiger partial charge in [0.25, 0.3) is 0 Å². The highest BCUT2D eigenvalue weighted by molar-refractivity contribution is 7.99. The lowest BCUT2D eigenvalue weighted by Gasteiger charge is -2.09. The van der Waals surface area contributed by atoms with Crippen molar-refractivity contribution < 1.29 is 9.53 Å². The molecule has 9 heteroatoms. The standard InChI is InChI=1S/C21H18N4O2S3/c1-13-20(30-21(22-13)17-8-5-11-28-17)15-9-10-19(25-24-15)29-12-18(26)23-14-6-3-4-7-16(14)27-2/h3-11H,12H2,1-2H3,(H,23,26). The first-order valence-corrected chi connectivity index (χ1v) is 11.7. The molecule has 3 aromatic heterocycles. The Balaban J connectivity index is 1.39. The Bertz CT molecular complexity index is 1140. The van der Waals surface area contributed by atoms with E-state index in [2.05, 4.69) is 26.6 Å². The van der Waals surface area contributed by atoms with E-state index in [4.69, 9.17) is 4.74 Å². The summed E-state index contributed by atoms with van der Waals surface area (Å²) in [4.78, 5) is 19.1. The van der Waals surface area contributed by atoms with Crippen molar-refractivity contribution in [1.82, 2.24) is 15.2 Å². The monoisotopic (exact) mass is 454 g/mol. The summed E-state index contributed by atoms with van der Waals surface area (Å²) in [5.74, 6) is 0.727. The van der Waals surface area contributed by atoms with Gasteiger partial charge < -0.3 is 10.1 Å². The van der Waals surface area contributed by atoms with Crippen molar-refractivity contribution in [1.29, 1.82) is 0 Å². The molecule has 0 saturated carbocycles. The highest BCUT2D eigenvalue weighted by atomic mass is 32.2. The van der Waals surface area contributed by atoms with Crippen LogP contribution < -0.4 is 10.1 Å². The van der Waals surface area contributed by atoms with E-state index in [1.54, 1.807) is 41.9 Å². The SMILES string of the molecule is COc1ccccc1NC(=O)CSc1ccc(-c2sc(-c3cccs3)nc2C)nn1. The first-order valence-electron chi connectivity index (χ1n) is 9.05. The van der Waals surface area contributed by atoms with Crippen LogP contribution in [0.1, 0.15) is 5.69 Å². The molecule has 3 heterocycles. The molecular weight excluding hydrogens is 436 g/mol. The zero-order chi connectivity index (χ0) is 20.9. The Morgan fingerprint density at radius 2 is 2.00 bits per heavy atom. The van der Waals surface area contributed by atoms with Gasteiger partial charge in [-0.1, -0.05) is 30.0 Å². The fraction of sp³-hybridized carbons (Fsp3) is 0.143. The third kappa shape index (κ3) is 4.69. The van der Waals surface area contributed by atoms with Gasteiger partial charge in [0.05, 0.1) is 34.0 Å². The molecule has 6 nitrogen and oxygen atoms in total. The van der Waals surface area contributed by atoms with Crippen LogP contribution in [0.4, 0.5) is 5.69 Å². The number of para-hydroxylation sites is 2. The van der Waals surface area contributed by atoms with Crippen LogP contribution in [0, 0.1) is 6.92 Å². The number of thiophene rings is 1. The number of benzene rings is 1. The molecule has 0 aliphatic carbocycles. The minimum atomic E-state index is -0.130. The van der Waals surface area contributed by atoms with E-state index in [1.165, 1.54) is 11.8 Å². The van der Waals surface area contributed by atoms with Crippen LogP contribution in [0.3, 0.4) is 0 Å². The van der Waals surface area contributed by atoms with E-state index < -0.39 is 0 Å². The number of thioether (sulfide) groups is 1. The highest BCUT2D eigenvalue weighted by Crippen LogP contribution is 2.36. The summed E-state index contributed by atoms with van der Waals surface area (Å²) in [5, 5.41) is 15.2. The normalized spacial score (nSPS) is 10.7. The van der Waals surface area contributed by atoms with Gasteiger partial charge in [-0.3, -0.25) is 4.79 Å². The molecular formula is C21H18N4O2S3. The Labute approximate surface area is 186 Å².